The zero-order valence-electron chi connectivity index (χ0n) is 12.9. The van der Waals surface area contributed by atoms with Gasteiger partial charge in [0, 0.05) is 20.9 Å². The van der Waals surface area contributed by atoms with Crippen molar-refractivity contribution in [2.24, 2.45) is 5.92 Å². The minimum atomic E-state index is -0.0472. The van der Waals surface area contributed by atoms with Crippen molar-refractivity contribution in [1.82, 2.24) is 5.32 Å². The second-order valence-corrected chi connectivity index (χ2v) is 8.38. The molecule has 21 heavy (non-hydrogen) atoms. The van der Waals surface area contributed by atoms with E-state index in [2.05, 4.69) is 59.4 Å². The fourth-order valence-corrected chi connectivity index (χ4v) is 4.66. The molecule has 0 spiro atoms. The van der Waals surface area contributed by atoms with Gasteiger partial charge in [0.25, 0.3) is 0 Å². The molecule has 2 atom stereocenters. The van der Waals surface area contributed by atoms with Gasteiger partial charge in [-0.25, -0.2) is 0 Å². The lowest BCUT2D eigenvalue weighted by molar-refractivity contribution is 0.113. The van der Waals surface area contributed by atoms with Crippen molar-refractivity contribution in [3.63, 3.8) is 0 Å². The minimum absolute atomic E-state index is 0.0472. The van der Waals surface area contributed by atoms with E-state index in [-0.39, 0.29) is 12.1 Å². The van der Waals surface area contributed by atoms with Gasteiger partial charge in [0.15, 0.2) is 0 Å². The molecule has 118 valence electrons. The van der Waals surface area contributed by atoms with Crippen LogP contribution in [0, 0.1) is 5.92 Å². The Balaban J connectivity index is 1.87. The molecule has 2 unspecified atom stereocenters. The maximum atomic E-state index is 9.91. The highest BCUT2D eigenvalue weighted by atomic mass is 79.9. The maximum Gasteiger partial charge on any atom is 0.0616 e. The van der Waals surface area contributed by atoms with Gasteiger partial charge in [-0.15, -0.1) is 11.8 Å². The van der Waals surface area contributed by atoms with E-state index in [0.29, 0.717) is 12.0 Å². The lowest BCUT2D eigenvalue weighted by Gasteiger charge is -2.37. The quantitative estimate of drug-likeness (QED) is 0.693. The molecule has 1 aromatic rings. The van der Waals surface area contributed by atoms with Gasteiger partial charge >= 0.3 is 0 Å². The molecule has 0 radical (unpaired) electrons. The van der Waals surface area contributed by atoms with Crippen LogP contribution in [0.4, 0.5) is 0 Å². The predicted octanol–water partition coefficient (Wildman–Crippen LogP) is 4.46. The lowest BCUT2D eigenvalue weighted by atomic mass is 9.85. The fourth-order valence-electron chi connectivity index (χ4n) is 3.43. The van der Waals surface area contributed by atoms with Crippen LogP contribution in [0.3, 0.4) is 0 Å². The fraction of sp³-hybridized carbons (Fsp3) is 0.647. The molecular weight excluding hydrogens is 346 g/mol. The molecule has 4 heteroatoms. The third-order valence-corrected chi connectivity index (χ3v) is 5.94. The topological polar surface area (TPSA) is 32.3 Å². The standard InChI is InChI=1S/C17H26BrNOS/c1-13(2)19-17(12-20)10-3-4-14(17)9-11-21-16-7-5-15(18)6-8-16/h5-8,13-14,19-20H,3-4,9-12H2,1-2H3. The SMILES string of the molecule is CC(C)NC1(CO)CCCC1CCSc1ccc(Br)cc1. The van der Waals surface area contributed by atoms with Crippen LogP contribution in [-0.4, -0.2) is 29.0 Å². The van der Waals surface area contributed by atoms with Crippen LogP contribution in [0.5, 0.6) is 0 Å². The number of thioether (sulfide) groups is 1. The first-order chi connectivity index (χ1) is 10.1. The van der Waals surface area contributed by atoms with Crippen LogP contribution in [0.1, 0.15) is 39.5 Å². The molecule has 2 N–H and O–H groups in total. The van der Waals surface area contributed by atoms with E-state index < -0.39 is 0 Å². The summed E-state index contributed by atoms with van der Waals surface area (Å²) in [7, 11) is 0. The van der Waals surface area contributed by atoms with Crippen LogP contribution in [0.2, 0.25) is 0 Å². The van der Waals surface area contributed by atoms with E-state index in [1.165, 1.54) is 24.2 Å². The Labute approximate surface area is 141 Å². The Hall–Kier alpha value is -0.0300. The van der Waals surface area contributed by atoms with Crippen LogP contribution >= 0.6 is 27.7 Å². The Kier molecular flexibility index (Phi) is 6.60. The Morgan fingerprint density at radius 2 is 2.10 bits per heavy atom. The predicted molar refractivity (Wildman–Crippen MR) is 94.9 cm³/mol. The summed E-state index contributed by atoms with van der Waals surface area (Å²) in [4.78, 5) is 1.32. The Morgan fingerprint density at radius 1 is 1.38 bits per heavy atom. The van der Waals surface area contributed by atoms with Gasteiger partial charge in [0.05, 0.1) is 6.61 Å². The van der Waals surface area contributed by atoms with E-state index in [1.54, 1.807) is 0 Å². The number of halogens is 1. The van der Waals surface area contributed by atoms with Crippen molar-refractivity contribution in [2.75, 3.05) is 12.4 Å². The smallest absolute Gasteiger partial charge is 0.0616 e. The summed E-state index contributed by atoms with van der Waals surface area (Å²) in [6.07, 6.45) is 4.74. The second-order valence-electron chi connectivity index (χ2n) is 6.29. The first kappa shape index (κ1) is 17.3. The number of hydrogen-bond donors (Lipinski definition) is 2. The summed E-state index contributed by atoms with van der Waals surface area (Å²) < 4.78 is 1.13. The lowest BCUT2D eigenvalue weighted by Crippen LogP contribution is -2.54. The van der Waals surface area contributed by atoms with Gasteiger partial charge in [-0.05, 0) is 55.2 Å². The largest absolute Gasteiger partial charge is 0.394 e. The van der Waals surface area contributed by atoms with Gasteiger partial charge in [-0.3, -0.25) is 0 Å². The first-order valence-electron chi connectivity index (χ1n) is 7.83. The summed E-state index contributed by atoms with van der Waals surface area (Å²) in [5, 5.41) is 13.6. The number of nitrogens with one attached hydrogen (secondary N) is 1. The molecule has 2 nitrogen and oxygen atoms in total. The van der Waals surface area contributed by atoms with E-state index in [4.69, 9.17) is 0 Å². The molecule has 2 rings (SSSR count). The highest BCUT2D eigenvalue weighted by Gasteiger charge is 2.41. The van der Waals surface area contributed by atoms with Crippen molar-refractivity contribution in [1.29, 1.82) is 0 Å². The number of aliphatic hydroxyl groups excluding tert-OH is 1. The molecule has 0 aliphatic heterocycles. The van der Waals surface area contributed by atoms with Crippen molar-refractivity contribution >= 4 is 27.7 Å². The van der Waals surface area contributed by atoms with Crippen LogP contribution in [0.15, 0.2) is 33.6 Å². The van der Waals surface area contributed by atoms with Crippen LogP contribution in [0.25, 0.3) is 0 Å². The highest BCUT2D eigenvalue weighted by molar-refractivity contribution is 9.10. The number of benzene rings is 1. The molecule has 0 aromatic heterocycles. The van der Waals surface area contributed by atoms with Crippen molar-refractivity contribution in [2.45, 2.75) is 56.0 Å². The normalized spacial score (nSPS) is 25.7. The van der Waals surface area contributed by atoms with Gasteiger partial charge in [-0.1, -0.05) is 36.2 Å². The number of aliphatic hydroxyl groups is 1. The molecule has 1 saturated carbocycles. The van der Waals surface area contributed by atoms with Crippen molar-refractivity contribution < 1.29 is 5.11 Å². The van der Waals surface area contributed by atoms with Gasteiger partial charge in [0.1, 0.15) is 0 Å². The van der Waals surface area contributed by atoms with E-state index in [9.17, 15) is 5.11 Å². The van der Waals surface area contributed by atoms with E-state index >= 15 is 0 Å². The minimum Gasteiger partial charge on any atom is -0.394 e. The highest BCUT2D eigenvalue weighted by Crippen LogP contribution is 2.39. The van der Waals surface area contributed by atoms with Crippen LogP contribution in [-0.2, 0) is 0 Å². The molecule has 0 amide bonds. The summed E-state index contributed by atoms with van der Waals surface area (Å²) in [5.41, 5.74) is -0.0472. The first-order valence-corrected chi connectivity index (χ1v) is 9.60. The molecule has 0 saturated heterocycles. The molecule has 1 aliphatic rings. The van der Waals surface area contributed by atoms with Crippen molar-refractivity contribution in [3.05, 3.63) is 28.7 Å². The Morgan fingerprint density at radius 3 is 2.71 bits per heavy atom. The zero-order chi connectivity index (χ0) is 15.3. The van der Waals surface area contributed by atoms with E-state index in [0.717, 1.165) is 16.6 Å². The van der Waals surface area contributed by atoms with Crippen LogP contribution < -0.4 is 5.32 Å². The molecule has 0 heterocycles. The number of hydrogen-bond acceptors (Lipinski definition) is 3. The summed E-state index contributed by atoms with van der Waals surface area (Å²) in [6.45, 7) is 4.60. The Bertz CT molecular complexity index is 437. The monoisotopic (exact) mass is 371 g/mol. The second kappa shape index (κ2) is 8.00. The third kappa shape index (κ3) is 4.72. The molecule has 1 fully saturated rings. The molecule has 0 bridgehead atoms. The van der Waals surface area contributed by atoms with E-state index in [1.807, 2.05) is 11.8 Å². The summed E-state index contributed by atoms with van der Waals surface area (Å²) in [6, 6.07) is 8.94. The molecule has 1 aromatic carbocycles. The maximum absolute atomic E-state index is 9.91. The van der Waals surface area contributed by atoms with Gasteiger partial charge in [0.2, 0.25) is 0 Å². The average Bonchev–Trinajstić information content (AvgIpc) is 2.84. The van der Waals surface area contributed by atoms with Gasteiger partial charge < -0.3 is 10.4 Å². The van der Waals surface area contributed by atoms with Gasteiger partial charge in [-0.2, -0.15) is 0 Å². The average molecular weight is 372 g/mol. The third-order valence-electron chi connectivity index (χ3n) is 4.36. The molecular formula is C17H26BrNOS. The van der Waals surface area contributed by atoms with Crippen molar-refractivity contribution in [3.8, 4) is 0 Å². The summed E-state index contributed by atoms with van der Waals surface area (Å²) in [5.74, 6) is 1.71. The summed E-state index contributed by atoms with van der Waals surface area (Å²) >= 11 is 5.39. The zero-order valence-corrected chi connectivity index (χ0v) is 15.3. The number of rotatable bonds is 7. The molecule has 1 aliphatic carbocycles.